The molecule has 0 aliphatic carbocycles. The van der Waals surface area contributed by atoms with E-state index in [2.05, 4.69) is 0 Å². The zero-order chi connectivity index (χ0) is 15.0. The molecule has 1 rings (SSSR count). The van der Waals surface area contributed by atoms with E-state index in [1.165, 1.54) is 6.08 Å². The van der Waals surface area contributed by atoms with Crippen LogP contribution < -0.4 is 0 Å². The van der Waals surface area contributed by atoms with Gasteiger partial charge in [-0.15, -0.1) is 0 Å². The molecule has 5 nitrogen and oxygen atoms in total. The predicted molar refractivity (Wildman–Crippen MR) is 75.8 cm³/mol. The molecule has 0 aromatic carbocycles. The second-order valence-electron chi connectivity index (χ2n) is 4.53. The highest BCUT2D eigenvalue weighted by Crippen LogP contribution is 2.06. The van der Waals surface area contributed by atoms with E-state index in [1.54, 1.807) is 36.3 Å². The van der Waals surface area contributed by atoms with Crippen LogP contribution in [0.15, 0.2) is 28.9 Å². The van der Waals surface area contributed by atoms with Crippen LogP contribution in [0.2, 0.25) is 0 Å². The minimum atomic E-state index is -0.291. The molecule has 0 unspecified atom stereocenters. The number of furan rings is 1. The molecule has 1 amide bonds. The maximum atomic E-state index is 12.1. The Labute approximate surface area is 119 Å². The second kappa shape index (κ2) is 8.19. The number of carbonyl (C=O) groups excluding carboxylic acids is 2. The third-order valence-corrected chi connectivity index (χ3v) is 2.70. The van der Waals surface area contributed by atoms with Crippen molar-refractivity contribution in [3.05, 3.63) is 30.2 Å². The molecule has 20 heavy (non-hydrogen) atoms. The maximum absolute atomic E-state index is 12.1. The van der Waals surface area contributed by atoms with E-state index in [0.717, 1.165) is 0 Å². The van der Waals surface area contributed by atoms with E-state index in [-0.39, 0.29) is 24.3 Å². The molecule has 0 aliphatic rings. The minimum Gasteiger partial charge on any atom is -0.466 e. The summed E-state index contributed by atoms with van der Waals surface area (Å²) in [6.07, 6.45) is 4.81. The van der Waals surface area contributed by atoms with Crippen molar-refractivity contribution in [3.63, 3.8) is 0 Å². The van der Waals surface area contributed by atoms with Crippen molar-refractivity contribution in [2.45, 2.75) is 33.2 Å². The average Bonchev–Trinajstić information content (AvgIpc) is 2.89. The molecule has 0 N–H and O–H groups in total. The highest BCUT2D eigenvalue weighted by atomic mass is 16.5. The fourth-order valence-electron chi connectivity index (χ4n) is 1.70. The first-order chi connectivity index (χ1) is 9.54. The van der Waals surface area contributed by atoms with Crippen molar-refractivity contribution in [1.29, 1.82) is 0 Å². The van der Waals surface area contributed by atoms with Gasteiger partial charge in [-0.1, -0.05) is 0 Å². The van der Waals surface area contributed by atoms with Gasteiger partial charge in [-0.25, -0.2) is 0 Å². The first-order valence-electron chi connectivity index (χ1n) is 6.72. The van der Waals surface area contributed by atoms with Gasteiger partial charge in [-0.2, -0.15) is 0 Å². The van der Waals surface area contributed by atoms with Crippen LogP contribution in [0.25, 0.3) is 6.08 Å². The number of amides is 1. The summed E-state index contributed by atoms with van der Waals surface area (Å²) in [5, 5.41) is 0. The van der Waals surface area contributed by atoms with Crippen LogP contribution in [-0.2, 0) is 14.3 Å². The number of rotatable bonds is 7. The van der Waals surface area contributed by atoms with Crippen LogP contribution in [0.1, 0.15) is 33.0 Å². The topological polar surface area (TPSA) is 59.8 Å². The van der Waals surface area contributed by atoms with Gasteiger partial charge in [0.1, 0.15) is 5.76 Å². The Morgan fingerprint density at radius 3 is 2.75 bits per heavy atom. The predicted octanol–water partition coefficient (Wildman–Crippen LogP) is 2.48. The molecule has 1 aromatic heterocycles. The van der Waals surface area contributed by atoms with Crippen molar-refractivity contribution < 1.29 is 18.7 Å². The van der Waals surface area contributed by atoms with Crippen molar-refractivity contribution in [2.24, 2.45) is 0 Å². The summed E-state index contributed by atoms with van der Waals surface area (Å²) < 4.78 is 9.98. The summed E-state index contributed by atoms with van der Waals surface area (Å²) in [5.41, 5.74) is 0. The largest absolute Gasteiger partial charge is 0.466 e. The van der Waals surface area contributed by atoms with Gasteiger partial charge in [0.25, 0.3) is 0 Å². The number of esters is 1. The first-order valence-corrected chi connectivity index (χ1v) is 6.72. The van der Waals surface area contributed by atoms with Crippen LogP contribution in [0, 0.1) is 0 Å². The summed E-state index contributed by atoms with van der Waals surface area (Å²) in [5.74, 6) is 0.175. The molecule has 1 aromatic rings. The Morgan fingerprint density at radius 2 is 2.20 bits per heavy atom. The summed E-state index contributed by atoms with van der Waals surface area (Å²) in [4.78, 5) is 25.1. The molecule has 0 saturated carbocycles. The van der Waals surface area contributed by atoms with E-state index < -0.39 is 0 Å². The van der Waals surface area contributed by atoms with Gasteiger partial charge in [0.15, 0.2) is 0 Å². The molecule has 0 fully saturated rings. The standard InChI is InChI=1S/C15H21NO4/c1-4-19-15(18)9-10-16(12(2)3)14(17)8-7-13-6-5-11-20-13/h5-8,11-12H,4,9-10H2,1-3H3/b8-7+. The van der Waals surface area contributed by atoms with E-state index in [9.17, 15) is 9.59 Å². The molecule has 0 aliphatic heterocycles. The summed E-state index contributed by atoms with van der Waals surface area (Å²) in [7, 11) is 0. The molecular formula is C15H21NO4. The van der Waals surface area contributed by atoms with E-state index >= 15 is 0 Å². The average molecular weight is 279 g/mol. The second-order valence-corrected chi connectivity index (χ2v) is 4.53. The quantitative estimate of drug-likeness (QED) is 0.568. The molecule has 0 atom stereocenters. The molecule has 0 radical (unpaired) electrons. The summed E-state index contributed by atoms with van der Waals surface area (Å²) >= 11 is 0. The summed E-state index contributed by atoms with van der Waals surface area (Å²) in [6.45, 7) is 6.27. The number of hydrogen-bond acceptors (Lipinski definition) is 4. The molecular weight excluding hydrogens is 258 g/mol. The van der Waals surface area contributed by atoms with Crippen LogP contribution in [0.4, 0.5) is 0 Å². The Balaban J connectivity index is 2.56. The summed E-state index contributed by atoms with van der Waals surface area (Å²) in [6, 6.07) is 3.53. The van der Waals surface area contributed by atoms with Crippen LogP contribution in [0.3, 0.4) is 0 Å². The van der Waals surface area contributed by atoms with Gasteiger partial charge in [-0.05, 0) is 39.0 Å². The monoisotopic (exact) mass is 279 g/mol. The van der Waals surface area contributed by atoms with Gasteiger partial charge < -0.3 is 14.1 Å². The number of carbonyl (C=O) groups is 2. The van der Waals surface area contributed by atoms with Gasteiger partial charge >= 0.3 is 5.97 Å². The molecule has 0 spiro atoms. The third-order valence-electron chi connectivity index (χ3n) is 2.70. The lowest BCUT2D eigenvalue weighted by Crippen LogP contribution is -2.37. The van der Waals surface area contributed by atoms with Gasteiger partial charge in [0.05, 0.1) is 19.3 Å². The van der Waals surface area contributed by atoms with Gasteiger partial charge in [0.2, 0.25) is 5.91 Å². The molecule has 0 bridgehead atoms. The zero-order valence-electron chi connectivity index (χ0n) is 12.2. The number of hydrogen-bond donors (Lipinski definition) is 0. The van der Waals surface area contributed by atoms with Crippen LogP contribution >= 0.6 is 0 Å². The lowest BCUT2D eigenvalue weighted by molar-refractivity contribution is -0.144. The fourth-order valence-corrected chi connectivity index (χ4v) is 1.70. The lowest BCUT2D eigenvalue weighted by atomic mass is 10.2. The van der Waals surface area contributed by atoms with Crippen molar-refractivity contribution in [1.82, 2.24) is 4.90 Å². The SMILES string of the molecule is CCOC(=O)CCN(C(=O)/C=C/c1ccco1)C(C)C. The third kappa shape index (κ3) is 5.30. The van der Waals surface area contributed by atoms with Crippen LogP contribution in [0.5, 0.6) is 0 Å². The zero-order valence-corrected chi connectivity index (χ0v) is 12.2. The molecule has 0 saturated heterocycles. The maximum Gasteiger partial charge on any atom is 0.307 e. The van der Waals surface area contributed by atoms with E-state index in [4.69, 9.17) is 9.15 Å². The Hall–Kier alpha value is -2.04. The van der Waals surface area contributed by atoms with Crippen molar-refractivity contribution in [3.8, 4) is 0 Å². The Morgan fingerprint density at radius 1 is 1.45 bits per heavy atom. The number of nitrogens with zero attached hydrogens (tertiary/aromatic N) is 1. The molecule has 5 heteroatoms. The highest BCUT2D eigenvalue weighted by molar-refractivity contribution is 5.91. The van der Waals surface area contributed by atoms with E-state index in [0.29, 0.717) is 18.9 Å². The van der Waals surface area contributed by atoms with Gasteiger partial charge in [-0.3, -0.25) is 9.59 Å². The Kier molecular flexibility index (Phi) is 6.56. The first kappa shape index (κ1) is 16.0. The fraction of sp³-hybridized carbons (Fsp3) is 0.467. The van der Waals surface area contributed by atoms with Crippen molar-refractivity contribution >= 4 is 18.0 Å². The smallest absolute Gasteiger partial charge is 0.307 e. The lowest BCUT2D eigenvalue weighted by Gasteiger charge is -2.25. The highest BCUT2D eigenvalue weighted by Gasteiger charge is 2.16. The normalized spacial score (nSPS) is 11.0. The minimum absolute atomic E-state index is 0.0122. The van der Waals surface area contributed by atoms with Gasteiger partial charge in [0, 0.05) is 18.7 Å². The van der Waals surface area contributed by atoms with E-state index in [1.807, 2.05) is 13.8 Å². The number of ether oxygens (including phenoxy) is 1. The molecule has 1 heterocycles. The molecule has 110 valence electrons. The van der Waals surface area contributed by atoms with Crippen molar-refractivity contribution in [2.75, 3.05) is 13.2 Å². The van der Waals surface area contributed by atoms with Crippen LogP contribution in [-0.4, -0.2) is 36.0 Å². The Bertz CT molecular complexity index is 448.